The number of rotatable bonds is 6. The van der Waals surface area contributed by atoms with Gasteiger partial charge in [0, 0.05) is 51.3 Å². The van der Waals surface area contributed by atoms with E-state index in [1.807, 2.05) is 11.0 Å². The largest absolute Gasteiger partial charge is 0.341 e. The van der Waals surface area contributed by atoms with Crippen molar-refractivity contribution in [2.45, 2.75) is 25.8 Å². The van der Waals surface area contributed by atoms with E-state index >= 15 is 0 Å². The van der Waals surface area contributed by atoms with Gasteiger partial charge >= 0.3 is 0 Å². The van der Waals surface area contributed by atoms with Gasteiger partial charge in [-0.3, -0.25) is 24.2 Å². The molecule has 0 aromatic heterocycles. The van der Waals surface area contributed by atoms with E-state index in [0.29, 0.717) is 55.7 Å². The van der Waals surface area contributed by atoms with Crippen molar-refractivity contribution in [3.8, 4) is 0 Å². The van der Waals surface area contributed by atoms with E-state index in [-0.39, 0.29) is 30.1 Å². The molecule has 0 spiro atoms. The van der Waals surface area contributed by atoms with Crippen LogP contribution in [0.4, 0.5) is 4.39 Å². The van der Waals surface area contributed by atoms with Crippen molar-refractivity contribution in [1.29, 1.82) is 0 Å². The number of carbonyl (C=O) groups excluding carboxylic acids is 3. The second-order valence-electron chi connectivity index (χ2n) is 8.01. The van der Waals surface area contributed by atoms with Crippen LogP contribution in [-0.4, -0.2) is 65.1 Å². The van der Waals surface area contributed by atoms with Crippen molar-refractivity contribution in [3.63, 3.8) is 0 Å². The van der Waals surface area contributed by atoms with E-state index in [0.717, 1.165) is 13.0 Å². The quantitative estimate of drug-likeness (QED) is 0.671. The zero-order chi connectivity index (χ0) is 21.8. The standard InChI is InChI=1S/C24H26FN3O3/c25-21-10-4-1-7-18(21)17-26-12-6-13-27(16-15-26)22(29)11-5-14-28-23(30)19-8-2-3-9-20(19)24(28)31/h1-4,7-10H,5-6,11-17H2. The Hall–Kier alpha value is -3.06. The molecule has 3 amide bonds. The van der Waals surface area contributed by atoms with E-state index < -0.39 is 0 Å². The summed E-state index contributed by atoms with van der Waals surface area (Å²) in [5.41, 5.74) is 1.53. The molecule has 2 aromatic rings. The molecule has 31 heavy (non-hydrogen) atoms. The lowest BCUT2D eigenvalue weighted by atomic mass is 10.1. The lowest BCUT2D eigenvalue weighted by Crippen LogP contribution is -2.36. The molecule has 2 heterocycles. The number of nitrogens with zero attached hydrogens (tertiary/aromatic N) is 3. The van der Waals surface area contributed by atoms with Crippen LogP contribution in [0.25, 0.3) is 0 Å². The van der Waals surface area contributed by atoms with Gasteiger partial charge in [0.2, 0.25) is 5.91 Å². The molecule has 1 saturated heterocycles. The smallest absolute Gasteiger partial charge is 0.261 e. The summed E-state index contributed by atoms with van der Waals surface area (Å²) in [5, 5.41) is 0. The van der Waals surface area contributed by atoms with Gasteiger partial charge < -0.3 is 4.90 Å². The molecule has 0 atom stereocenters. The second-order valence-corrected chi connectivity index (χ2v) is 8.01. The number of carbonyl (C=O) groups is 3. The third kappa shape index (κ3) is 4.66. The Morgan fingerprint density at radius 1 is 0.871 bits per heavy atom. The Morgan fingerprint density at radius 2 is 1.55 bits per heavy atom. The number of halogens is 1. The molecule has 6 nitrogen and oxygen atoms in total. The molecule has 1 fully saturated rings. The number of benzene rings is 2. The highest BCUT2D eigenvalue weighted by molar-refractivity contribution is 6.21. The monoisotopic (exact) mass is 423 g/mol. The van der Waals surface area contributed by atoms with Crippen LogP contribution in [0.2, 0.25) is 0 Å². The van der Waals surface area contributed by atoms with E-state index in [2.05, 4.69) is 4.90 Å². The van der Waals surface area contributed by atoms with Crippen LogP contribution in [0.5, 0.6) is 0 Å². The summed E-state index contributed by atoms with van der Waals surface area (Å²) in [6.45, 7) is 3.55. The topological polar surface area (TPSA) is 60.9 Å². The van der Waals surface area contributed by atoms with Gasteiger partial charge in [0.1, 0.15) is 5.82 Å². The van der Waals surface area contributed by atoms with Crippen molar-refractivity contribution in [3.05, 3.63) is 71.0 Å². The third-order valence-electron chi connectivity index (χ3n) is 5.94. The maximum atomic E-state index is 13.9. The minimum atomic E-state index is -0.286. The molecule has 162 valence electrons. The highest BCUT2D eigenvalue weighted by Gasteiger charge is 2.34. The summed E-state index contributed by atoms with van der Waals surface area (Å²) < 4.78 is 13.9. The molecule has 2 aliphatic heterocycles. The first-order valence-electron chi connectivity index (χ1n) is 10.7. The lowest BCUT2D eigenvalue weighted by Gasteiger charge is -2.22. The van der Waals surface area contributed by atoms with Gasteiger partial charge in [0.25, 0.3) is 11.8 Å². The molecule has 0 unspecified atom stereocenters. The summed E-state index contributed by atoms with van der Waals surface area (Å²) >= 11 is 0. The van der Waals surface area contributed by atoms with E-state index in [1.54, 1.807) is 36.4 Å². The predicted molar refractivity (Wildman–Crippen MR) is 114 cm³/mol. The first-order chi connectivity index (χ1) is 15.0. The lowest BCUT2D eigenvalue weighted by molar-refractivity contribution is -0.131. The van der Waals surface area contributed by atoms with Crippen LogP contribution in [0, 0.1) is 5.82 Å². The van der Waals surface area contributed by atoms with Crippen LogP contribution >= 0.6 is 0 Å². The fourth-order valence-corrected chi connectivity index (χ4v) is 4.23. The van der Waals surface area contributed by atoms with Crippen molar-refractivity contribution < 1.29 is 18.8 Å². The molecule has 0 saturated carbocycles. The van der Waals surface area contributed by atoms with Crippen LogP contribution in [0.1, 0.15) is 45.5 Å². The molecular weight excluding hydrogens is 397 g/mol. The number of hydrogen-bond donors (Lipinski definition) is 0. The van der Waals surface area contributed by atoms with Gasteiger partial charge in [-0.2, -0.15) is 0 Å². The predicted octanol–water partition coefficient (Wildman–Crippen LogP) is 2.94. The van der Waals surface area contributed by atoms with Crippen molar-refractivity contribution in [1.82, 2.24) is 14.7 Å². The molecule has 0 radical (unpaired) electrons. The molecule has 0 aliphatic carbocycles. The van der Waals surface area contributed by atoms with Crippen LogP contribution < -0.4 is 0 Å². The van der Waals surface area contributed by atoms with Gasteiger partial charge in [-0.1, -0.05) is 30.3 Å². The fraction of sp³-hybridized carbons (Fsp3) is 0.375. The number of imide groups is 1. The average Bonchev–Trinajstić information content (AvgIpc) is 2.92. The Labute approximate surface area is 181 Å². The molecule has 0 N–H and O–H groups in total. The van der Waals surface area contributed by atoms with Crippen LogP contribution in [-0.2, 0) is 11.3 Å². The highest BCUT2D eigenvalue weighted by atomic mass is 19.1. The highest BCUT2D eigenvalue weighted by Crippen LogP contribution is 2.22. The van der Waals surface area contributed by atoms with Gasteiger partial charge in [0.15, 0.2) is 0 Å². The summed E-state index contributed by atoms with van der Waals surface area (Å²) in [4.78, 5) is 42.8. The van der Waals surface area contributed by atoms with E-state index in [4.69, 9.17) is 0 Å². The van der Waals surface area contributed by atoms with Crippen molar-refractivity contribution >= 4 is 17.7 Å². The molecule has 2 aliphatic rings. The summed E-state index contributed by atoms with van der Waals surface area (Å²) in [7, 11) is 0. The Kier molecular flexibility index (Phi) is 6.42. The van der Waals surface area contributed by atoms with Crippen LogP contribution in [0.15, 0.2) is 48.5 Å². The minimum Gasteiger partial charge on any atom is -0.341 e. The number of hydrogen-bond acceptors (Lipinski definition) is 4. The number of amides is 3. The summed E-state index contributed by atoms with van der Waals surface area (Å²) in [6.07, 6.45) is 1.57. The summed E-state index contributed by atoms with van der Waals surface area (Å²) in [6, 6.07) is 13.6. The number of fused-ring (bicyclic) bond motifs is 1. The molecule has 4 rings (SSSR count). The van der Waals surface area contributed by atoms with Gasteiger partial charge in [-0.25, -0.2) is 4.39 Å². The Balaban J connectivity index is 1.25. The van der Waals surface area contributed by atoms with Crippen molar-refractivity contribution in [2.24, 2.45) is 0 Å². The first-order valence-corrected chi connectivity index (χ1v) is 10.7. The van der Waals surface area contributed by atoms with E-state index in [9.17, 15) is 18.8 Å². The van der Waals surface area contributed by atoms with Gasteiger partial charge in [-0.05, 0) is 31.0 Å². The second kappa shape index (κ2) is 9.39. The minimum absolute atomic E-state index is 0.0318. The molecule has 7 heteroatoms. The van der Waals surface area contributed by atoms with Gasteiger partial charge in [-0.15, -0.1) is 0 Å². The zero-order valence-electron chi connectivity index (χ0n) is 17.4. The maximum Gasteiger partial charge on any atom is 0.261 e. The molecule has 2 aromatic carbocycles. The fourth-order valence-electron chi connectivity index (χ4n) is 4.23. The molecular formula is C24H26FN3O3. The van der Waals surface area contributed by atoms with Gasteiger partial charge in [0.05, 0.1) is 11.1 Å². The Morgan fingerprint density at radius 3 is 2.26 bits per heavy atom. The summed E-state index contributed by atoms with van der Waals surface area (Å²) in [5.74, 6) is -0.740. The first kappa shape index (κ1) is 21.2. The van der Waals surface area contributed by atoms with Crippen molar-refractivity contribution in [2.75, 3.05) is 32.7 Å². The Bertz CT molecular complexity index is 959. The van der Waals surface area contributed by atoms with Crippen LogP contribution in [0.3, 0.4) is 0 Å². The van der Waals surface area contributed by atoms with E-state index in [1.165, 1.54) is 11.0 Å². The average molecular weight is 423 g/mol. The molecule has 0 bridgehead atoms. The maximum absolute atomic E-state index is 13.9. The SMILES string of the molecule is O=C(CCCN1C(=O)c2ccccc2C1=O)N1CCCN(Cc2ccccc2F)CC1. The normalized spacial score (nSPS) is 17.1. The third-order valence-corrected chi connectivity index (χ3v) is 5.94. The zero-order valence-corrected chi connectivity index (χ0v) is 17.4.